The summed E-state index contributed by atoms with van der Waals surface area (Å²) < 4.78 is 34.2. The van der Waals surface area contributed by atoms with Crippen molar-refractivity contribution in [2.75, 3.05) is 47.5 Å². The second kappa shape index (κ2) is 36.8. The van der Waals surface area contributed by atoms with E-state index >= 15 is 0 Å². The number of esters is 2. The van der Waals surface area contributed by atoms with Crippen molar-refractivity contribution >= 4 is 19.8 Å². The quantitative estimate of drug-likeness (QED) is 0.0216. The van der Waals surface area contributed by atoms with E-state index in [0.717, 1.165) is 51.4 Å². The second-order valence-electron chi connectivity index (χ2n) is 15.7. The third-order valence-corrected chi connectivity index (χ3v) is 10.1. The molecule has 9 nitrogen and oxygen atoms in total. The van der Waals surface area contributed by atoms with Gasteiger partial charge in [-0.1, -0.05) is 147 Å². The molecule has 1 unspecified atom stereocenters. The number of quaternary nitrogens is 1. The minimum absolute atomic E-state index is 0.0241. The van der Waals surface area contributed by atoms with Gasteiger partial charge < -0.3 is 18.9 Å². The van der Waals surface area contributed by atoms with Gasteiger partial charge in [-0.15, -0.1) is 0 Å². The summed E-state index contributed by atoms with van der Waals surface area (Å²) in [5.74, 6) is -0.870. The van der Waals surface area contributed by atoms with Crippen LogP contribution in [0.4, 0.5) is 0 Å². The van der Waals surface area contributed by atoms with Gasteiger partial charge in [-0.3, -0.25) is 18.6 Å². The molecule has 0 aliphatic heterocycles. The van der Waals surface area contributed by atoms with Crippen LogP contribution in [0.1, 0.15) is 181 Å². The summed E-state index contributed by atoms with van der Waals surface area (Å²) in [6, 6.07) is 0. The van der Waals surface area contributed by atoms with Gasteiger partial charge in [0.05, 0.1) is 27.7 Å². The van der Waals surface area contributed by atoms with Crippen LogP contribution in [0.2, 0.25) is 0 Å². The van der Waals surface area contributed by atoms with Crippen LogP contribution in [0.5, 0.6) is 0 Å². The molecule has 0 heterocycles. The summed E-state index contributed by atoms with van der Waals surface area (Å²) in [5, 5.41) is 0. The number of rotatable bonds is 39. The van der Waals surface area contributed by atoms with Crippen molar-refractivity contribution in [2.45, 2.75) is 187 Å². The van der Waals surface area contributed by atoms with E-state index in [1.54, 1.807) is 0 Å². The first-order valence-corrected chi connectivity index (χ1v) is 23.2. The van der Waals surface area contributed by atoms with E-state index in [1.165, 1.54) is 89.9 Å². The Bertz CT molecular complexity index is 1020. The Morgan fingerprint density at radius 1 is 0.574 bits per heavy atom. The number of carbonyl (C=O) groups excluding carboxylic acids is 2. The fourth-order valence-electron chi connectivity index (χ4n) is 5.71. The van der Waals surface area contributed by atoms with Crippen LogP contribution in [0.25, 0.3) is 0 Å². The Labute approximate surface area is 331 Å². The number of phosphoric acid groups is 1. The van der Waals surface area contributed by atoms with Crippen LogP contribution < -0.4 is 0 Å². The lowest BCUT2D eigenvalue weighted by Crippen LogP contribution is -2.37. The molecule has 0 aromatic rings. The molecule has 316 valence electrons. The fraction of sp³-hybridized carbons (Fsp3) is 0.818. The van der Waals surface area contributed by atoms with Crippen molar-refractivity contribution in [3.63, 3.8) is 0 Å². The largest absolute Gasteiger partial charge is 0.472 e. The molecular formula is C44H83NO8P+. The number of allylic oxidation sites excluding steroid dienone is 6. The van der Waals surface area contributed by atoms with Crippen LogP contribution in [-0.2, 0) is 32.7 Å². The minimum Gasteiger partial charge on any atom is -0.462 e. The van der Waals surface area contributed by atoms with Crippen LogP contribution in [0.3, 0.4) is 0 Å². The molecule has 0 aliphatic rings. The maximum atomic E-state index is 12.7. The monoisotopic (exact) mass is 785 g/mol. The molecule has 0 amide bonds. The zero-order chi connectivity index (χ0) is 40.0. The molecule has 0 bridgehead atoms. The average molecular weight is 785 g/mol. The van der Waals surface area contributed by atoms with Crippen LogP contribution in [-0.4, -0.2) is 74.9 Å². The first kappa shape index (κ1) is 52.2. The van der Waals surface area contributed by atoms with E-state index in [1.807, 2.05) is 27.2 Å². The van der Waals surface area contributed by atoms with Gasteiger partial charge in [0.1, 0.15) is 19.8 Å². The smallest absolute Gasteiger partial charge is 0.462 e. The van der Waals surface area contributed by atoms with Crippen molar-refractivity contribution in [1.29, 1.82) is 0 Å². The van der Waals surface area contributed by atoms with E-state index in [-0.39, 0.29) is 26.1 Å². The van der Waals surface area contributed by atoms with Crippen LogP contribution in [0, 0.1) is 0 Å². The second-order valence-corrected chi connectivity index (χ2v) is 17.2. The average Bonchev–Trinajstić information content (AvgIpc) is 3.12. The molecule has 0 aromatic carbocycles. The Balaban J connectivity index is 4.43. The van der Waals surface area contributed by atoms with Crippen molar-refractivity contribution in [3.05, 3.63) is 36.5 Å². The number of phosphoric ester groups is 1. The number of hydrogen-bond donors (Lipinski definition) is 1. The highest BCUT2D eigenvalue weighted by atomic mass is 31.2. The summed E-state index contributed by atoms with van der Waals surface area (Å²) in [4.78, 5) is 35.3. The third kappa shape index (κ3) is 39.9. The molecule has 0 radical (unpaired) electrons. The molecule has 10 heteroatoms. The van der Waals surface area contributed by atoms with Gasteiger partial charge in [0.25, 0.3) is 0 Å². The van der Waals surface area contributed by atoms with Gasteiger partial charge in [-0.05, 0) is 57.8 Å². The molecule has 0 aliphatic carbocycles. The Hall–Kier alpha value is -1.77. The Morgan fingerprint density at radius 3 is 1.59 bits per heavy atom. The first-order chi connectivity index (χ1) is 26.0. The van der Waals surface area contributed by atoms with Crippen molar-refractivity contribution in [3.8, 4) is 0 Å². The molecule has 0 fully saturated rings. The topological polar surface area (TPSA) is 108 Å². The summed E-state index contributed by atoms with van der Waals surface area (Å²) in [5.41, 5.74) is 0. The number of unbranched alkanes of at least 4 members (excludes halogenated alkanes) is 19. The number of carbonyl (C=O) groups is 2. The standard InChI is InChI=1S/C44H82NO8P/c1-6-8-10-12-14-16-18-20-22-24-26-28-30-32-34-36-43(46)50-40-42(41-52-54(48,49)51-39-38-45(3,4)5)53-44(47)37-35-33-31-29-27-25-23-21-19-17-15-13-11-9-7-2/h15,17,21,23,30,32,42H,6-14,16,18-20,22,24-29,31,33-41H2,1-5H3/p+1/b17-15+,23-21+,32-30+/t42-/m1/s1. The summed E-state index contributed by atoms with van der Waals surface area (Å²) >= 11 is 0. The maximum absolute atomic E-state index is 12.7. The maximum Gasteiger partial charge on any atom is 0.472 e. The highest BCUT2D eigenvalue weighted by Crippen LogP contribution is 2.43. The number of nitrogens with zero attached hydrogens (tertiary/aromatic N) is 1. The number of ether oxygens (including phenoxy) is 2. The van der Waals surface area contributed by atoms with Crippen molar-refractivity contribution in [1.82, 2.24) is 0 Å². The Kier molecular flexibility index (Phi) is 35.6. The SMILES string of the molecule is CCCCC/C=C/C/C=C/CCCCCCCC(=O)O[C@H](COC(=O)CC/C=C/CCCCCCCCCCCCC)COP(=O)(O)OCC[N+](C)(C)C. The third-order valence-electron chi connectivity index (χ3n) is 9.16. The van der Waals surface area contributed by atoms with Gasteiger partial charge in [0.2, 0.25) is 0 Å². The number of hydrogen-bond acceptors (Lipinski definition) is 7. The van der Waals surface area contributed by atoms with E-state index in [9.17, 15) is 19.0 Å². The molecule has 2 atom stereocenters. The van der Waals surface area contributed by atoms with Crippen LogP contribution >= 0.6 is 7.82 Å². The predicted molar refractivity (Wildman–Crippen MR) is 224 cm³/mol. The zero-order valence-corrected chi connectivity index (χ0v) is 36.3. The van der Waals surface area contributed by atoms with Gasteiger partial charge in [-0.25, -0.2) is 4.57 Å². The van der Waals surface area contributed by atoms with Crippen LogP contribution in [0.15, 0.2) is 36.5 Å². The zero-order valence-electron chi connectivity index (χ0n) is 35.5. The highest BCUT2D eigenvalue weighted by Gasteiger charge is 2.27. The lowest BCUT2D eigenvalue weighted by atomic mass is 10.1. The predicted octanol–water partition coefficient (Wildman–Crippen LogP) is 12.1. The van der Waals surface area contributed by atoms with E-state index < -0.39 is 32.5 Å². The summed E-state index contributed by atoms with van der Waals surface area (Å²) in [6.45, 7) is 4.34. The fourth-order valence-corrected chi connectivity index (χ4v) is 6.45. The van der Waals surface area contributed by atoms with Gasteiger partial charge >= 0.3 is 19.8 Å². The van der Waals surface area contributed by atoms with Gasteiger partial charge in [0, 0.05) is 12.8 Å². The van der Waals surface area contributed by atoms with E-state index in [2.05, 4.69) is 44.2 Å². The van der Waals surface area contributed by atoms with E-state index in [4.69, 9.17) is 18.5 Å². The van der Waals surface area contributed by atoms with E-state index in [0.29, 0.717) is 23.9 Å². The first-order valence-electron chi connectivity index (χ1n) is 21.7. The van der Waals surface area contributed by atoms with Crippen molar-refractivity contribution < 1.29 is 42.1 Å². The molecule has 1 N–H and O–H groups in total. The molecule has 0 aromatic heterocycles. The lowest BCUT2D eigenvalue weighted by molar-refractivity contribution is -0.870. The molecule has 0 spiro atoms. The molecule has 0 rings (SSSR count). The molecule has 0 saturated heterocycles. The summed E-state index contributed by atoms with van der Waals surface area (Å²) in [7, 11) is 1.45. The van der Waals surface area contributed by atoms with Crippen molar-refractivity contribution in [2.24, 2.45) is 0 Å². The number of likely N-dealkylation sites (N-methyl/N-ethyl adjacent to an activating group) is 1. The Morgan fingerprint density at radius 2 is 1.04 bits per heavy atom. The molecular weight excluding hydrogens is 701 g/mol. The molecule has 54 heavy (non-hydrogen) atoms. The normalized spacial score (nSPS) is 14.0. The lowest BCUT2D eigenvalue weighted by Gasteiger charge is -2.24. The van der Waals surface area contributed by atoms with Gasteiger partial charge in [-0.2, -0.15) is 0 Å². The minimum atomic E-state index is -4.38. The highest BCUT2D eigenvalue weighted by molar-refractivity contribution is 7.47. The van der Waals surface area contributed by atoms with Gasteiger partial charge in [0.15, 0.2) is 6.10 Å². The summed E-state index contributed by atoms with van der Waals surface area (Å²) in [6.07, 6.45) is 40.6. The molecule has 0 saturated carbocycles.